The van der Waals surface area contributed by atoms with E-state index >= 15 is 0 Å². The Morgan fingerprint density at radius 1 is 0.897 bits per heavy atom. The first-order valence-corrected chi connectivity index (χ1v) is 9.62. The van der Waals surface area contributed by atoms with Crippen molar-refractivity contribution in [2.75, 3.05) is 12.4 Å². The zero-order chi connectivity index (χ0) is 21.1. The van der Waals surface area contributed by atoms with Gasteiger partial charge in [0.05, 0.1) is 24.5 Å². The molecular weight excluding hydrogens is 368 g/mol. The van der Waals surface area contributed by atoms with E-state index in [0.717, 1.165) is 0 Å². The van der Waals surface area contributed by atoms with E-state index in [1.54, 1.807) is 43.5 Å². The normalized spacial score (nSPS) is 14.2. The minimum Gasteiger partial charge on any atom is -0.495 e. The largest absolute Gasteiger partial charge is 0.495 e. The van der Waals surface area contributed by atoms with Crippen LogP contribution in [0.15, 0.2) is 54.2 Å². The Morgan fingerprint density at radius 2 is 1.55 bits per heavy atom. The molecule has 0 saturated carbocycles. The Kier molecular flexibility index (Phi) is 5.92. The van der Waals surface area contributed by atoms with Crippen LogP contribution >= 0.6 is 0 Å². The summed E-state index contributed by atoms with van der Waals surface area (Å²) in [6, 6.07) is 14.2. The Balaban J connectivity index is 2.06. The molecule has 1 aliphatic heterocycles. The predicted molar refractivity (Wildman–Crippen MR) is 113 cm³/mol. The number of carbonyl (C=O) groups excluding carboxylic acids is 2. The van der Waals surface area contributed by atoms with Crippen LogP contribution in [0.1, 0.15) is 33.3 Å². The van der Waals surface area contributed by atoms with Crippen molar-refractivity contribution in [3.8, 4) is 11.5 Å². The molecule has 1 aliphatic rings. The van der Waals surface area contributed by atoms with Gasteiger partial charge in [-0.3, -0.25) is 14.5 Å². The van der Waals surface area contributed by atoms with Gasteiger partial charge >= 0.3 is 0 Å². The lowest BCUT2D eigenvalue weighted by atomic mass is 10.0. The number of imide groups is 1. The fourth-order valence-electron chi connectivity index (χ4n) is 3.25. The van der Waals surface area contributed by atoms with Gasteiger partial charge in [-0.1, -0.05) is 24.3 Å². The van der Waals surface area contributed by atoms with E-state index in [9.17, 15) is 9.59 Å². The maximum atomic E-state index is 13.1. The van der Waals surface area contributed by atoms with Gasteiger partial charge < -0.3 is 14.8 Å². The number of para-hydroxylation sites is 2. The number of hydrogen-bond acceptors (Lipinski definition) is 5. The first-order valence-electron chi connectivity index (χ1n) is 9.62. The minimum absolute atomic E-state index is 0.0500. The lowest BCUT2D eigenvalue weighted by Crippen LogP contribution is -2.38. The van der Waals surface area contributed by atoms with Crippen LogP contribution in [0.3, 0.4) is 0 Å². The highest BCUT2D eigenvalue weighted by Gasteiger charge is 2.40. The predicted octanol–water partition coefficient (Wildman–Crippen LogP) is 4.08. The molecule has 152 valence electrons. The third-order valence-corrected chi connectivity index (χ3v) is 4.51. The summed E-state index contributed by atoms with van der Waals surface area (Å²) >= 11 is 0. The molecule has 2 amide bonds. The number of nitrogens with zero attached hydrogens (tertiary/aromatic N) is 1. The van der Waals surface area contributed by atoms with E-state index in [2.05, 4.69) is 5.32 Å². The van der Waals surface area contributed by atoms with Crippen molar-refractivity contribution in [3.63, 3.8) is 0 Å². The molecular formula is C23H26N2O4. The molecule has 0 radical (unpaired) electrons. The number of hydrogen-bond donors (Lipinski definition) is 1. The van der Waals surface area contributed by atoms with Gasteiger partial charge in [0.25, 0.3) is 11.8 Å². The number of methoxy groups -OCH3 is 1. The fourth-order valence-corrected chi connectivity index (χ4v) is 3.25. The molecule has 0 unspecified atom stereocenters. The van der Waals surface area contributed by atoms with Crippen molar-refractivity contribution in [1.82, 2.24) is 4.90 Å². The Hall–Kier alpha value is -3.28. The highest BCUT2D eigenvalue weighted by atomic mass is 16.5. The van der Waals surface area contributed by atoms with Crippen LogP contribution in [0.5, 0.6) is 11.5 Å². The zero-order valence-corrected chi connectivity index (χ0v) is 17.4. The molecule has 2 aromatic carbocycles. The Labute approximate surface area is 171 Å². The second kappa shape index (κ2) is 8.39. The summed E-state index contributed by atoms with van der Waals surface area (Å²) < 4.78 is 11.1. The second-order valence-corrected chi connectivity index (χ2v) is 7.34. The van der Waals surface area contributed by atoms with Gasteiger partial charge in [0, 0.05) is 6.04 Å². The average molecular weight is 394 g/mol. The first-order chi connectivity index (χ1) is 13.8. The van der Waals surface area contributed by atoms with Crippen LogP contribution in [0, 0.1) is 0 Å². The van der Waals surface area contributed by atoms with Gasteiger partial charge in [-0.05, 0) is 57.5 Å². The van der Waals surface area contributed by atoms with Crippen LogP contribution in [-0.2, 0) is 9.59 Å². The second-order valence-electron chi connectivity index (χ2n) is 7.34. The SMILES string of the molecule is COc1ccccc1NC1=C(c2ccc(OC(C)C)cc2)C(=O)N(C(C)C)C1=O. The Morgan fingerprint density at radius 3 is 2.14 bits per heavy atom. The van der Waals surface area contributed by atoms with Crippen LogP contribution in [0.25, 0.3) is 5.57 Å². The molecule has 0 bridgehead atoms. The lowest BCUT2D eigenvalue weighted by molar-refractivity contribution is -0.138. The lowest BCUT2D eigenvalue weighted by Gasteiger charge is -2.19. The van der Waals surface area contributed by atoms with Crippen LogP contribution in [-0.4, -0.2) is 36.0 Å². The molecule has 29 heavy (non-hydrogen) atoms. The topological polar surface area (TPSA) is 67.9 Å². The highest BCUT2D eigenvalue weighted by molar-refractivity contribution is 6.36. The average Bonchev–Trinajstić information content (AvgIpc) is 2.92. The third kappa shape index (κ3) is 4.11. The molecule has 0 fully saturated rings. The number of carbonyl (C=O) groups is 2. The Bertz CT molecular complexity index is 946. The minimum atomic E-state index is -0.353. The summed E-state index contributed by atoms with van der Waals surface area (Å²) in [5, 5.41) is 3.13. The third-order valence-electron chi connectivity index (χ3n) is 4.51. The van der Waals surface area contributed by atoms with Gasteiger partial charge in [-0.2, -0.15) is 0 Å². The summed E-state index contributed by atoms with van der Waals surface area (Å²) in [7, 11) is 1.56. The molecule has 0 saturated heterocycles. The standard InChI is InChI=1S/C23H26N2O4/c1-14(2)25-22(26)20(16-10-12-17(13-11-16)29-15(3)4)21(23(25)27)24-18-8-6-7-9-19(18)28-5/h6-15,24H,1-5H3. The van der Waals surface area contributed by atoms with Crippen molar-refractivity contribution < 1.29 is 19.1 Å². The summed E-state index contributed by atoms with van der Waals surface area (Å²) in [5.74, 6) is 0.623. The molecule has 2 aromatic rings. The van der Waals surface area contributed by atoms with Crippen LogP contribution in [0.2, 0.25) is 0 Å². The summed E-state index contributed by atoms with van der Waals surface area (Å²) in [4.78, 5) is 27.5. The number of rotatable bonds is 7. The summed E-state index contributed by atoms with van der Waals surface area (Å²) in [5.41, 5.74) is 1.85. The molecule has 6 heteroatoms. The van der Waals surface area contributed by atoms with Crippen molar-refractivity contribution in [2.24, 2.45) is 0 Å². The van der Waals surface area contributed by atoms with Gasteiger partial charge in [0.2, 0.25) is 0 Å². The highest BCUT2D eigenvalue weighted by Crippen LogP contribution is 2.34. The van der Waals surface area contributed by atoms with Crippen molar-refractivity contribution >= 4 is 23.1 Å². The molecule has 6 nitrogen and oxygen atoms in total. The quantitative estimate of drug-likeness (QED) is 0.717. The van der Waals surface area contributed by atoms with Crippen molar-refractivity contribution in [3.05, 3.63) is 59.8 Å². The number of amides is 2. The molecule has 0 aliphatic carbocycles. The smallest absolute Gasteiger partial charge is 0.278 e. The molecule has 0 atom stereocenters. The van der Waals surface area contributed by atoms with E-state index in [1.165, 1.54) is 4.90 Å². The van der Waals surface area contributed by atoms with E-state index in [-0.39, 0.29) is 29.7 Å². The monoisotopic (exact) mass is 394 g/mol. The molecule has 1 N–H and O–H groups in total. The summed E-state index contributed by atoms with van der Waals surface area (Å²) in [6.45, 7) is 7.54. The van der Waals surface area contributed by atoms with Crippen molar-refractivity contribution in [2.45, 2.75) is 39.8 Å². The van der Waals surface area contributed by atoms with Crippen LogP contribution in [0.4, 0.5) is 5.69 Å². The number of nitrogens with one attached hydrogen (secondary N) is 1. The van der Waals surface area contributed by atoms with Crippen LogP contribution < -0.4 is 14.8 Å². The number of ether oxygens (including phenoxy) is 2. The van der Waals surface area contributed by atoms with E-state index in [4.69, 9.17) is 9.47 Å². The van der Waals surface area contributed by atoms with Gasteiger partial charge in [-0.25, -0.2) is 0 Å². The van der Waals surface area contributed by atoms with E-state index in [0.29, 0.717) is 28.3 Å². The number of benzene rings is 2. The first kappa shape index (κ1) is 20.5. The number of anilines is 1. The summed E-state index contributed by atoms with van der Waals surface area (Å²) in [6.07, 6.45) is 0.0500. The molecule has 1 heterocycles. The van der Waals surface area contributed by atoms with E-state index in [1.807, 2.05) is 39.8 Å². The molecule has 3 rings (SSSR count). The molecule has 0 spiro atoms. The fraction of sp³-hybridized carbons (Fsp3) is 0.304. The molecule has 0 aromatic heterocycles. The maximum Gasteiger partial charge on any atom is 0.278 e. The zero-order valence-electron chi connectivity index (χ0n) is 17.4. The van der Waals surface area contributed by atoms with Gasteiger partial charge in [-0.15, -0.1) is 0 Å². The van der Waals surface area contributed by atoms with Gasteiger partial charge in [0.15, 0.2) is 0 Å². The van der Waals surface area contributed by atoms with Gasteiger partial charge in [0.1, 0.15) is 17.2 Å². The van der Waals surface area contributed by atoms with Crippen molar-refractivity contribution in [1.29, 1.82) is 0 Å². The maximum absolute atomic E-state index is 13.1. The van der Waals surface area contributed by atoms with E-state index < -0.39 is 0 Å².